The summed E-state index contributed by atoms with van der Waals surface area (Å²) in [6.07, 6.45) is 2.00. The van der Waals surface area contributed by atoms with Crippen molar-refractivity contribution >= 4 is 33.0 Å². The second-order valence-corrected chi connectivity index (χ2v) is 9.36. The monoisotopic (exact) mass is 399 g/mol. The van der Waals surface area contributed by atoms with Gasteiger partial charge in [0.25, 0.3) is 5.91 Å². The van der Waals surface area contributed by atoms with Crippen LogP contribution in [0.4, 0.5) is 10.1 Å². The maximum atomic E-state index is 13.9. The fraction of sp³-hybridized carbons (Fsp3) is 0.412. The van der Waals surface area contributed by atoms with Crippen molar-refractivity contribution in [3.05, 3.63) is 46.5 Å². The highest BCUT2D eigenvalue weighted by Crippen LogP contribution is 2.27. The molecule has 1 fully saturated rings. The summed E-state index contributed by atoms with van der Waals surface area (Å²) in [6.45, 7) is 3.77. The number of hydrogen-bond donors (Lipinski definition) is 1. The normalized spacial score (nSPS) is 19.0. The number of carbonyl (C=O) groups excluding carboxylic acids is 1. The molecule has 2 aromatic rings. The van der Waals surface area contributed by atoms with Crippen molar-refractivity contribution in [3.63, 3.8) is 0 Å². The molecular formula is C17H19ClFN3O3S. The van der Waals surface area contributed by atoms with Gasteiger partial charge in [-0.15, -0.1) is 0 Å². The standard InChI is InChI=1S/C17H19ClFN3O3S/c1-10(2)16-13(8-22(21-16)12-5-6-26(24,25)9-12)17(23)20-15-7-11(18)3-4-14(15)19/h3-4,7-8,10,12H,5-6,9H2,1-2H3,(H,20,23)/t12-/m1/s1. The number of anilines is 1. The lowest BCUT2D eigenvalue weighted by Gasteiger charge is -2.08. The Bertz CT molecular complexity index is 956. The lowest BCUT2D eigenvalue weighted by molar-refractivity contribution is 0.102. The van der Waals surface area contributed by atoms with Crippen LogP contribution in [0, 0.1) is 5.82 Å². The van der Waals surface area contributed by atoms with Crippen molar-refractivity contribution in [1.82, 2.24) is 9.78 Å². The quantitative estimate of drug-likeness (QED) is 0.854. The van der Waals surface area contributed by atoms with E-state index in [-0.39, 0.29) is 29.2 Å². The SMILES string of the molecule is CC(C)c1nn([C@@H]2CCS(=O)(=O)C2)cc1C(=O)Nc1cc(Cl)ccc1F. The summed E-state index contributed by atoms with van der Waals surface area (Å²) in [6, 6.07) is 3.61. The zero-order valence-corrected chi connectivity index (χ0v) is 15.9. The van der Waals surface area contributed by atoms with E-state index in [1.54, 1.807) is 10.9 Å². The summed E-state index contributed by atoms with van der Waals surface area (Å²) >= 11 is 5.85. The molecule has 0 radical (unpaired) electrons. The van der Waals surface area contributed by atoms with Crippen LogP contribution in [-0.4, -0.2) is 35.6 Å². The Kier molecular flexibility index (Phi) is 5.07. The van der Waals surface area contributed by atoms with E-state index in [2.05, 4.69) is 10.4 Å². The van der Waals surface area contributed by atoms with E-state index >= 15 is 0 Å². The summed E-state index contributed by atoms with van der Waals surface area (Å²) in [5.41, 5.74) is 0.811. The average molecular weight is 400 g/mol. The van der Waals surface area contributed by atoms with Crippen LogP contribution >= 0.6 is 11.6 Å². The van der Waals surface area contributed by atoms with E-state index in [0.29, 0.717) is 22.7 Å². The molecule has 3 rings (SSSR count). The number of halogens is 2. The number of carbonyl (C=O) groups is 1. The molecule has 0 unspecified atom stereocenters. The first-order valence-electron chi connectivity index (χ1n) is 8.22. The van der Waals surface area contributed by atoms with Crippen molar-refractivity contribution in [2.75, 3.05) is 16.8 Å². The van der Waals surface area contributed by atoms with Crippen LogP contribution < -0.4 is 5.32 Å². The molecule has 1 N–H and O–H groups in total. The van der Waals surface area contributed by atoms with Crippen molar-refractivity contribution in [3.8, 4) is 0 Å². The first-order valence-corrected chi connectivity index (χ1v) is 10.4. The molecule has 0 spiro atoms. The highest BCUT2D eigenvalue weighted by Gasteiger charge is 2.31. The molecule has 1 aromatic heterocycles. The van der Waals surface area contributed by atoms with Crippen LogP contribution in [0.1, 0.15) is 48.3 Å². The smallest absolute Gasteiger partial charge is 0.259 e. The molecule has 1 amide bonds. The number of sulfone groups is 1. The first-order chi connectivity index (χ1) is 12.2. The molecule has 0 aliphatic carbocycles. The van der Waals surface area contributed by atoms with Gasteiger partial charge in [-0.05, 0) is 30.5 Å². The lowest BCUT2D eigenvalue weighted by Crippen LogP contribution is -2.15. The second kappa shape index (κ2) is 7.00. The van der Waals surface area contributed by atoms with E-state index in [4.69, 9.17) is 11.6 Å². The van der Waals surface area contributed by atoms with Gasteiger partial charge in [0.1, 0.15) is 5.82 Å². The summed E-state index contributed by atoms with van der Waals surface area (Å²) in [5.74, 6) is -1.04. The lowest BCUT2D eigenvalue weighted by atomic mass is 10.1. The summed E-state index contributed by atoms with van der Waals surface area (Å²) in [5, 5.41) is 7.25. The van der Waals surface area contributed by atoms with Crippen molar-refractivity contribution in [2.45, 2.75) is 32.2 Å². The van der Waals surface area contributed by atoms with Crippen LogP contribution in [0.2, 0.25) is 5.02 Å². The van der Waals surface area contributed by atoms with Crippen molar-refractivity contribution in [1.29, 1.82) is 0 Å². The Morgan fingerprint density at radius 2 is 2.15 bits per heavy atom. The van der Waals surface area contributed by atoms with Crippen LogP contribution in [-0.2, 0) is 9.84 Å². The number of hydrogen-bond acceptors (Lipinski definition) is 4. The first kappa shape index (κ1) is 18.8. The number of amides is 1. The zero-order chi connectivity index (χ0) is 19.1. The molecule has 2 heterocycles. The molecule has 9 heteroatoms. The summed E-state index contributed by atoms with van der Waals surface area (Å²) < 4.78 is 38.8. The maximum absolute atomic E-state index is 13.9. The van der Waals surface area contributed by atoms with Crippen molar-refractivity contribution < 1.29 is 17.6 Å². The Morgan fingerprint density at radius 3 is 2.77 bits per heavy atom. The minimum absolute atomic E-state index is 0.0101. The minimum atomic E-state index is -3.07. The van der Waals surface area contributed by atoms with Crippen LogP contribution in [0.5, 0.6) is 0 Å². The molecule has 0 saturated carbocycles. The highest BCUT2D eigenvalue weighted by molar-refractivity contribution is 7.91. The zero-order valence-electron chi connectivity index (χ0n) is 14.4. The van der Waals surface area contributed by atoms with Gasteiger partial charge in [-0.2, -0.15) is 5.10 Å². The number of nitrogens with one attached hydrogen (secondary N) is 1. The summed E-state index contributed by atoms with van der Waals surface area (Å²) in [4.78, 5) is 12.7. The predicted molar refractivity (Wildman–Crippen MR) is 98.0 cm³/mol. The van der Waals surface area contributed by atoms with E-state index in [1.165, 1.54) is 18.2 Å². The number of aromatic nitrogens is 2. The van der Waals surface area contributed by atoms with Gasteiger partial charge in [0.2, 0.25) is 0 Å². The number of rotatable bonds is 4. The fourth-order valence-corrected chi connectivity index (χ4v) is 4.84. The molecule has 1 aliphatic rings. The van der Waals surface area contributed by atoms with Gasteiger partial charge in [0.15, 0.2) is 9.84 Å². The molecule has 1 aromatic carbocycles. The second-order valence-electron chi connectivity index (χ2n) is 6.70. The Morgan fingerprint density at radius 1 is 1.42 bits per heavy atom. The van der Waals surface area contributed by atoms with Gasteiger partial charge in [0.05, 0.1) is 34.5 Å². The molecule has 140 valence electrons. The Hall–Kier alpha value is -1.93. The van der Waals surface area contributed by atoms with E-state index in [1.807, 2.05) is 13.8 Å². The molecule has 1 aliphatic heterocycles. The molecule has 0 bridgehead atoms. The topological polar surface area (TPSA) is 81.1 Å². The molecule has 26 heavy (non-hydrogen) atoms. The Balaban J connectivity index is 1.91. The predicted octanol–water partition coefficient (Wildman–Crippen LogP) is 3.41. The third-order valence-corrected chi connectivity index (χ3v) is 6.30. The van der Waals surface area contributed by atoms with E-state index < -0.39 is 21.6 Å². The third-order valence-electron chi connectivity index (χ3n) is 4.31. The fourth-order valence-electron chi connectivity index (χ4n) is 2.96. The summed E-state index contributed by atoms with van der Waals surface area (Å²) in [7, 11) is -3.07. The van der Waals surface area contributed by atoms with Crippen LogP contribution in [0.25, 0.3) is 0 Å². The average Bonchev–Trinajstić information content (AvgIpc) is 3.14. The highest BCUT2D eigenvalue weighted by atomic mass is 35.5. The number of nitrogens with zero attached hydrogens (tertiary/aromatic N) is 2. The van der Waals surface area contributed by atoms with Gasteiger partial charge < -0.3 is 5.32 Å². The van der Waals surface area contributed by atoms with Crippen molar-refractivity contribution in [2.24, 2.45) is 0 Å². The van der Waals surface area contributed by atoms with Gasteiger partial charge >= 0.3 is 0 Å². The van der Waals surface area contributed by atoms with Gasteiger partial charge in [-0.25, -0.2) is 12.8 Å². The molecular weight excluding hydrogens is 381 g/mol. The van der Waals surface area contributed by atoms with Gasteiger partial charge in [-0.3, -0.25) is 9.48 Å². The maximum Gasteiger partial charge on any atom is 0.259 e. The Labute approximate surface area is 156 Å². The largest absolute Gasteiger partial charge is 0.319 e. The van der Waals surface area contributed by atoms with Crippen LogP contribution in [0.15, 0.2) is 24.4 Å². The molecule has 1 atom stereocenters. The number of benzene rings is 1. The van der Waals surface area contributed by atoms with E-state index in [0.717, 1.165) is 0 Å². The minimum Gasteiger partial charge on any atom is -0.319 e. The van der Waals surface area contributed by atoms with Crippen LogP contribution in [0.3, 0.4) is 0 Å². The van der Waals surface area contributed by atoms with Gasteiger partial charge in [-0.1, -0.05) is 25.4 Å². The third kappa shape index (κ3) is 3.91. The molecule has 6 nitrogen and oxygen atoms in total. The van der Waals surface area contributed by atoms with Gasteiger partial charge in [0, 0.05) is 11.2 Å². The molecule has 1 saturated heterocycles. The van der Waals surface area contributed by atoms with E-state index in [9.17, 15) is 17.6 Å².